The third-order valence-corrected chi connectivity index (χ3v) is 3.43. The zero-order chi connectivity index (χ0) is 14.5. The monoisotopic (exact) mass is 288 g/mol. The first-order chi connectivity index (χ1) is 9.60. The van der Waals surface area contributed by atoms with Gasteiger partial charge in [-0.2, -0.15) is 0 Å². The highest BCUT2D eigenvalue weighted by atomic mass is 32.2. The second kappa shape index (κ2) is 6.21. The number of non-ortho nitro benzene ring substituents is 1. The molecule has 102 valence electrons. The van der Waals surface area contributed by atoms with Crippen molar-refractivity contribution in [1.82, 2.24) is 0 Å². The molecule has 0 saturated carbocycles. The molecule has 6 heteroatoms. The molecule has 2 aromatic rings. The smallest absolute Gasteiger partial charge is 0.269 e. The molecule has 0 aliphatic carbocycles. The summed E-state index contributed by atoms with van der Waals surface area (Å²) >= 11 is 1.60. The van der Waals surface area contributed by atoms with Crippen LogP contribution in [0.15, 0.2) is 53.4 Å². The van der Waals surface area contributed by atoms with Crippen LogP contribution in [0.4, 0.5) is 11.4 Å². The van der Waals surface area contributed by atoms with Gasteiger partial charge >= 0.3 is 0 Å². The van der Waals surface area contributed by atoms with E-state index in [-0.39, 0.29) is 11.6 Å². The third kappa shape index (κ3) is 3.36. The Labute approximate surface area is 120 Å². The number of rotatable bonds is 4. The van der Waals surface area contributed by atoms with Crippen molar-refractivity contribution in [2.45, 2.75) is 4.90 Å². The van der Waals surface area contributed by atoms with Crippen LogP contribution in [0.2, 0.25) is 0 Å². The van der Waals surface area contributed by atoms with Crippen molar-refractivity contribution in [1.29, 1.82) is 0 Å². The number of thioether (sulfide) groups is 1. The van der Waals surface area contributed by atoms with Gasteiger partial charge in [0.25, 0.3) is 11.6 Å². The third-order valence-electron chi connectivity index (χ3n) is 2.69. The first-order valence-corrected chi connectivity index (χ1v) is 7.02. The van der Waals surface area contributed by atoms with Crippen molar-refractivity contribution in [3.05, 3.63) is 64.2 Å². The van der Waals surface area contributed by atoms with Gasteiger partial charge in [-0.15, -0.1) is 11.8 Å². The summed E-state index contributed by atoms with van der Waals surface area (Å²) in [5.41, 5.74) is 1.06. The Balaban J connectivity index is 2.08. The van der Waals surface area contributed by atoms with Gasteiger partial charge in [0.2, 0.25) is 0 Å². The largest absolute Gasteiger partial charge is 0.322 e. The van der Waals surface area contributed by atoms with Crippen LogP contribution in [0, 0.1) is 10.1 Å². The van der Waals surface area contributed by atoms with Crippen molar-refractivity contribution < 1.29 is 9.72 Å². The van der Waals surface area contributed by atoms with Gasteiger partial charge in [0, 0.05) is 28.3 Å². The quantitative estimate of drug-likeness (QED) is 0.530. The first-order valence-electron chi connectivity index (χ1n) is 5.80. The lowest BCUT2D eigenvalue weighted by atomic mass is 10.2. The van der Waals surface area contributed by atoms with Crippen LogP contribution in [-0.4, -0.2) is 17.1 Å². The Morgan fingerprint density at radius 1 is 1.10 bits per heavy atom. The SMILES string of the molecule is CSc1ccc(C(=O)Nc2ccc([N+](=O)[O-])cc2)cc1. The number of benzene rings is 2. The van der Waals surface area contributed by atoms with Crippen LogP contribution in [0.25, 0.3) is 0 Å². The predicted octanol–water partition coefficient (Wildman–Crippen LogP) is 3.57. The maximum Gasteiger partial charge on any atom is 0.269 e. The molecule has 0 bridgehead atoms. The highest BCUT2D eigenvalue weighted by molar-refractivity contribution is 7.98. The van der Waals surface area contributed by atoms with Gasteiger partial charge in [0.15, 0.2) is 0 Å². The lowest BCUT2D eigenvalue weighted by molar-refractivity contribution is -0.384. The Hall–Kier alpha value is -2.34. The van der Waals surface area contributed by atoms with Crippen LogP contribution in [0.5, 0.6) is 0 Å². The molecule has 0 saturated heterocycles. The number of nitrogens with zero attached hydrogens (tertiary/aromatic N) is 1. The van der Waals surface area contributed by atoms with Gasteiger partial charge in [0.05, 0.1) is 4.92 Å². The minimum absolute atomic E-state index is 0.00711. The van der Waals surface area contributed by atoms with Crippen LogP contribution in [0.1, 0.15) is 10.4 Å². The van der Waals surface area contributed by atoms with Gasteiger partial charge in [-0.1, -0.05) is 0 Å². The van der Waals surface area contributed by atoms with Crippen LogP contribution in [-0.2, 0) is 0 Å². The molecule has 0 aliphatic heterocycles. The van der Waals surface area contributed by atoms with E-state index in [1.165, 1.54) is 24.3 Å². The van der Waals surface area contributed by atoms with Crippen LogP contribution in [0.3, 0.4) is 0 Å². The number of anilines is 1. The Bertz CT molecular complexity index is 624. The Morgan fingerprint density at radius 2 is 1.70 bits per heavy atom. The number of nitro groups is 1. The fourth-order valence-electron chi connectivity index (χ4n) is 1.61. The summed E-state index contributed by atoms with van der Waals surface area (Å²) in [7, 11) is 0. The van der Waals surface area contributed by atoms with E-state index >= 15 is 0 Å². The summed E-state index contributed by atoms with van der Waals surface area (Å²) in [5, 5.41) is 13.2. The summed E-state index contributed by atoms with van der Waals surface area (Å²) in [5.74, 6) is -0.244. The zero-order valence-corrected chi connectivity index (χ0v) is 11.5. The number of amides is 1. The molecule has 0 radical (unpaired) electrons. The predicted molar refractivity (Wildman–Crippen MR) is 79.3 cm³/mol. The number of nitrogens with one attached hydrogen (secondary N) is 1. The molecule has 5 nitrogen and oxygen atoms in total. The number of hydrogen-bond acceptors (Lipinski definition) is 4. The second-order valence-corrected chi connectivity index (χ2v) is 4.87. The lowest BCUT2D eigenvalue weighted by Gasteiger charge is -2.05. The number of carbonyl (C=O) groups excluding carboxylic acids is 1. The van der Waals surface area contributed by atoms with Gasteiger partial charge < -0.3 is 5.32 Å². The minimum atomic E-state index is -0.479. The molecule has 0 heterocycles. The standard InChI is InChI=1S/C14H12N2O3S/c1-20-13-8-2-10(3-9-13)14(17)15-11-4-6-12(7-5-11)16(18)19/h2-9H,1H3,(H,15,17). The molecule has 2 aromatic carbocycles. The molecule has 0 aliphatic rings. The molecular formula is C14H12N2O3S. The molecule has 0 unspecified atom stereocenters. The summed E-state index contributed by atoms with van der Waals surface area (Å²) in [6, 6.07) is 12.9. The van der Waals surface area contributed by atoms with Gasteiger partial charge in [-0.25, -0.2) is 0 Å². The number of carbonyl (C=O) groups is 1. The van der Waals surface area contributed by atoms with Crippen LogP contribution < -0.4 is 5.32 Å². The van der Waals surface area contributed by atoms with E-state index in [1.54, 1.807) is 23.9 Å². The highest BCUT2D eigenvalue weighted by Crippen LogP contribution is 2.18. The van der Waals surface area contributed by atoms with E-state index in [4.69, 9.17) is 0 Å². The van der Waals surface area contributed by atoms with Gasteiger partial charge in [0.1, 0.15) is 0 Å². The maximum absolute atomic E-state index is 12.0. The summed E-state index contributed by atoms with van der Waals surface area (Å²) in [6.07, 6.45) is 1.96. The molecule has 1 N–H and O–H groups in total. The molecule has 20 heavy (non-hydrogen) atoms. The Kier molecular flexibility index (Phi) is 4.37. The van der Waals surface area contributed by atoms with Crippen molar-refractivity contribution in [3.8, 4) is 0 Å². The van der Waals surface area contributed by atoms with Crippen molar-refractivity contribution >= 4 is 29.0 Å². The van der Waals surface area contributed by atoms with E-state index in [0.717, 1.165) is 4.90 Å². The normalized spacial score (nSPS) is 10.1. The van der Waals surface area contributed by atoms with E-state index in [2.05, 4.69) is 5.32 Å². The van der Waals surface area contributed by atoms with Crippen molar-refractivity contribution in [2.24, 2.45) is 0 Å². The van der Waals surface area contributed by atoms with Crippen molar-refractivity contribution in [2.75, 3.05) is 11.6 Å². The molecule has 0 fully saturated rings. The van der Waals surface area contributed by atoms with Gasteiger partial charge in [-0.3, -0.25) is 14.9 Å². The van der Waals surface area contributed by atoms with Gasteiger partial charge in [-0.05, 0) is 42.7 Å². The average Bonchev–Trinajstić information content (AvgIpc) is 2.48. The summed E-state index contributed by atoms with van der Waals surface area (Å²) < 4.78 is 0. The van der Waals surface area contributed by atoms with E-state index in [0.29, 0.717) is 11.3 Å². The zero-order valence-electron chi connectivity index (χ0n) is 10.7. The fraction of sp³-hybridized carbons (Fsp3) is 0.0714. The fourth-order valence-corrected chi connectivity index (χ4v) is 2.02. The van der Waals surface area contributed by atoms with Crippen molar-refractivity contribution in [3.63, 3.8) is 0 Å². The first kappa shape index (κ1) is 14.1. The van der Waals surface area contributed by atoms with E-state index in [9.17, 15) is 14.9 Å². The molecule has 0 aromatic heterocycles. The number of hydrogen-bond donors (Lipinski definition) is 1. The minimum Gasteiger partial charge on any atom is -0.322 e. The molecule has 2 rings (SSSR count). The van der Waals surface area contributed by atoms with E-state index < -0.39 is 4.92 Å². The topological polar surface area (TPSA) is 72.2 Å². The van der Waals surface area contributed by atoms with Crippen LogP contribution >= 0.6 is 11.8 Å². The molecule has 0 spiro atoms. The number of nitro benzene ring substituents is 1. The van der Waals surface area contributed by atoms with E-state index in [1.807, 2.05) is 18.4 Å². The maximum atomic E-state index is 12.0. The molecular weight excluding hydrogens is 276 g/mol. The lowest BCUT2D eigenvalue weighted by Crippen LogP contribution is -2.11. The summed E-state index contributed by atoms with van der Waals surface area (Å²) in [6.45, 7) is 0. The summed E-state index contributed by atoms with van der Waals surface area (Å²) in [4.78, 5) is 23.1. The highest BCUT2D eigenvalue weighted by Gasteiger charge is 2.08. The second-order valence-electron chi connectivity index (χ2n) is 3.99. The average molecular weight is 288 g/mol. The Morgan fingerprint density at radius 3 is 2.20 bits per heavy atom. The molecule has 1 amide bonds. The molecule has 0 atom stereocenters.